The quantitative estimate of drug-likeness (QED) is 0.573. The Labute approximate surface area is 171 Å². The van der Waals surface area contributed by atoms with Crippen molar-refractivity contribution in [2.45, 2.75) is 13.0 Å². The number of ether oxygens (including phenoxy) is 2. The molecule has 2 aromatic rings. The molecule has 8 nitrogen and oxygen atoms in total. The summed E-state index contributed by atoms with van der Waals surface area (Å²) in [5, 5.41) is 2.91. The van der Waals surface area contributed by atoms with Crippen LogP contribution in [0.5, 0.6) is 5.75 Å². The summed E-state index contributed by atoms with van der Waals surface area (Å²) >= 11 is 5.90. The molecule has 1 N–H and O–H groups in total. The van der Waals surface area contributed by atoms with Crippen LogP contribution in [0.25, 0.3) is 0 Å². The first-order valence-electron chi connectivity index (χ1n) is 8.60. The van der Waals surface area contributed by atoms with Crippen molar-refractivity contribution >= 4 is 41.0 Å². The maximum absolute atomic E-state index is 12.4. The zero-order valence-electron chi connectivity index (χ0n) is 15.6. The van der Waals surface area contributed by atoms with Gasteiger partial charge < -0.3 is 14.8 Å². The first-order valence-corrected chi connectivity index (χ1v) is 8.98. The Morgan fingerprint density at radius 2 is 1.72 bits per heavy atom. The third-order valence-corrected chi connectivity index (χ3v) is 4.57. The second-order valence-electron chi connectivity index (χ2n) is 6.20. The van der Waals surface area contributed by atoms with E-state index in [9.17, 15) is 19.2 Å². The summed E-state index contributed by atoms with van der Waals surface area (Å²) in [4.78, 5) is 50.1. The summed E-state index contributed by atoms with van der Waals surface area (Å²) in [6, 6.07) is 9.76. The van der Waals surface area contributed by atoms with Gasteiger partial charge in [0.15, 0.2) is 6.61 Å². The maximum Gasteiger partial charge on any atom is 0.329 e. The lowest BCUT2D eigenvalue weighted by molar-refractivity contribution is -0.150. The van der Waals surface area contributed by atoms with E-state index < -0.39 is 36.3 Å². The standard InChI is InChI=1S/C20H17ClN2O6/c1-11(23-18(25)13-5-3-4-6-14(13)19(23)26)20(27)29-10-17(24)22-15-9-12(21)7-8-16(15)28-2/h3-9,11H,10H2,1-2H3,(H,22,24)/t11-/m0/s1. The highest BCUT2D eigenvalue weighted by molar-refractivity contribution is 6.31. The van der Waals surface area contributed by atoms with E-state index in [1.54, 1.807) is 24.3 Å². The molecule has 0 bridgehead atoms. The highest BCUT2D eigenvalue weighted by Gasteiger charge is 2.41. The fraction of sp³-hybridized carbons (Fsp3) is 0.200. The number of carbonyl (C=O) groups is 4. The Bertz CT molecular complexity index is 971. The Hall–Kier alpha value is -3.39. The Morgan fingerprint density at radius 1 is 1.10 bits per heavy atom. The molecule has 0 spiro atoms. The number of amides is 3. The van der Waals surface area contributed by atoms with E-state index in [2.05, 4.69) is 5.32 Å². The summed E-state index contributed by atoms with van der Waals surface area (Å²) in [5.74, 6) is -2.29. The van der Waals surface area contributed by atoms with Gasteiger partial charge in [0.25, 0.3) is 17.7 Å². The molecule has 1 aliphatic rings. The molecule has 3 amide bonds. The van der Waals surface area contributed by atoms with Crippen LogP contribution in [0.4, 0.5) is 5.69 Å². The molecule has 0 unspecified atom stereocenters. The molecule has 150 valence electrons. The molecule has 0 saturated carbocycles. The number of fused-ring (bicyclic) bond motifs is 1. The van der Waals surface area contributed by atoms with Crippen molar-refractivity contribution in [3.05, 3.63) is 58.6 Å². The molecular formula is C20H17ClN2O6. The van der Waals surface area contributed by atoms with E-state index in [1.807, 2.05) is 0 Å². The number of halogens is 1. The second kappa shape index (κ2) is 8.32. The third-order valence-electron chi connectivity index (χ3n) is 4.34. The van der Waals surface area contributed by atoms with Crippen molar-refractivity contribution in [3.8, 4) is 5.75 Å². The Balaban J connectivity index is 1.61. The van der Waals surface area contributed by atoms with Crippen LogP contribution < -0.4 is 10.1 Å². The van der Waals surface area contributed by atoms with E-state index in [1.165, 1.54) is 32.2 Å². The number of methoxy groups -OCH3 is 1. The molecule has 0 radical (unpaired) electrons. The van der Waals surface area contributed by atoms with Gasteiger partial charge in [-0.2, -0.15) is 0 Å². The first-order chi connectivity index (χ1) is 13.8. The van der Waals surface area contributed by atoms with Gasteiger partial charge in [-0.3, -0.25) is 19.3 Å². The van der Waals surface area contributed by atoms with Crippen LogP contribution in [0.3, 0.4) is 0 Å². The zero-order chi connectivity index (χ0) is 21.1. The highest BCUT2D eigenvalue weighted by atomic mass is 35.5. The van der Waals surface area contributed by atoms with E-state index in [0.717, 1.165) is 4.90 Å². The van der Waals surface area contributed by atoms with Crippen LogP contribution >= 0.6 is 11.6 Å². The average molecular weight is 417 g/mol. The van der Waals surface area contributed by atoms with Gasteiger partial charge >= 0.3 is 5.97 Å². The van der Waals surface area contributed by atoms with Crippen molar-refractivity contribution in [1.82, 2.24) is 4.90 Å². The normalized spacial score (nSPS) is 13.7. The zero-order valence-corrected chi connectivity index (χ0v) is 16.4. The number of esters is 1. The van der Waals surface area contributed by atoms with Gasteiger partial charge in [-0.1, -0.05) is 23.7 Å². The summed E-state index contributed by atoms with van der Waals surface area (Å²) in [5.41, 5.74) is 0.764. The topological polar surface area (TPSA) is 102 Å². The molecule has 0 fully saturated rings. The van der Waals surface area contributed by atoms with Gasteiger partial charge in [0.2, 0.25) is 0 Å². The van der Waals surface area contributed by atoms with E-state index in [-0.39, 0.29) is 11.1 Å². The van der Waals surface area contributed by atoms with Crippen LogP contribution in [0, 0.1) is 0 Å². The minimum atomic E-state index is -1.18. The fourth-order valence-electron chi connectivity index (χ4n) is 2.89. The monoisotopic (exact) mass is 416 g/mol. The first kappa shape index (κ1) is 20.3. The lowest BCUT2D eigenvalue weighted by Gasteiger charge is -2.20. The summed E-state index contributed by atoms with van der Waals surface area (Å²) < 4.78 is 10.1. The lowest BCUT2D eigenvalue weighted by atomic mass is 10.1. The van der Waals surface area contributed by atoms with Gasteiger partial charge in [0.1, 0.15) is 11.8 Å². The summed E-state index contributed by atoms with van der Waals surface area (Å²) in [6.45, 7) is 0.754. The lowest BCUT2D eigenvalue weighted by Crippen LogP contribution is -2.44. The number of imide groups is 1. The molecular weight excluding hydrogens is 400 g/mol. The fourth-order valence-corrected chi connectivity index (χ4v) is 3.06. The van der Waals surface area contributed by atoms with E-state index in [0.29, 0.717) is 16.5 Å². The SMILES string of the molecule is COc1ccc(Cl)cc1NC(=O)COC(=O)[C@H](C)N1C(=O)c2ccccc2C1=O. The van der Waals surface area contributed by atoms with Gasteiger partial charge in [-0.25, -0.2) is 4.79 Å². The molecule has 0 aliphatic carbocycles. The number of carbonyl (C=O) groups excluding carboxylic acids is 4. The van der Waals surface area contributed by atoms with Gasteiger partial charge in [0.05, 0.1) is 23.9 Å². The van der Waals surface area contributed by atoms with Crippen molar-refractivity contribution in [2.24, 2.45) is 0 Å². The van der Waals surface area contributed by atoms with Gasteiger partial charge in [-0.15, -0.1) is 0 Å². The van der Waals surface area contributed by atoms with Crippen molar-refractivity contribution in [3.63, 3.8) is 0 Å². The number of rotatable bonds is 6. The predicted molar refractivity (Wildman–Crippen MR) is 104 cm³/mol. The number of nitrogens with zero attached hydrogens (tertiary/aromatic N) is 1. The number of hydrogen-bond donors (Lipinski definition) is 1. The number of anilines is 1. The molecule has 0 aromatic heterocycles. The number of nitrogens with one attached hydrogen (secondary N) is 1. The average Bonchev–Trinajstić information content (AvgIpc) is 2.96. The molecule has 1 heterocycles. The minimum Gasteiger partial charge on any atom is -0.495 e. The van der Waals surface area contributed by atoms with Crippen molar-refractivity contribution in [2.75, 3.05) is 19.0 Å². The summed E-state index contributed by atoms with van der Waals surface area (Å²) in [7, 11) is 1.43. The molecule has 9 heteroatoms. The molecule has 1 aliphatic heterocycles. The second-order valence-corrected chi connectivity index (χ2v) is 6.64. The third kappa shape index (κ3) is 4.07. The van der Waals surface area contributed by atoms with Gasteiger partial charge in [0, 0.05) is 5.02 Å². The maximum atomic E-state index is 12.4. The van der Waals surface area contributed by atoms with Crippen LogP contribution in [-0.4, -0.2) is 48.3 Å². The predicted octanol–water partition coefficient (Wildman–Crippen LogP) is 2.52. The van der Waals surface area contributed by atoms with E-state index in [4.69, 9.17) is 21.1 Å². The van der Waals surface area contributed by atoms with Crippen molar-refractivity contribution < 1.29 is 28.7 Å². The number of benzene rings is 2. The number of hydrogen-bond acceptors (Lipinski definition) is 6. The van der Waals surface area contributed by atoms with Crippen molar-refractivity contribution in [1.29, 1.82) is 0 Å². The molecule has 2 aromatic carbocycles. The Kier molecular flexibility index (Phi) is 5.84. The molecule has 3 rings (SSSR count). The molecule has 1 atom stereocenters. The van der Waals surface area contributed by atoms with Crippen LogP contribution in [-0.2, 0) is 14.3 Å². The Morgan fingerprint density at radius 3 is 2.31 bits per heavy atom. The smallest absolute Gasteiger partial charge is 0.329 e. The van der Waals surface area contributed by atoms with Crippen LogP contribution in [0.2, 0.25) is 5.02 Å². The largest absolute Gasteiger partial charge is 0.495 e. The van der Waals surface area contributed by atoms with Crippen LogP contribution in [0.15, 0.2) is 42.5 Å². The van der Waals surface area contributed by atoms with E-state index >= 15 is 0 Å². The minimum absolute atomic E-state index is 0.225. The highest BCUT2D eigenvalue weighted by Crippen LogP contribution is 2.28. The van der Waals surface area contributed by atoms with Crippen LogP contribution in [0.1, 0.15) is 27.6 Å². The molecule has 29 heavy (non-hydrogen) atoms. The summed E-state index contributed by atoms with van der Waals surface area (Å²) in [6.07, 6.45) is 0. The molecule has 0 saturated heterocycles. The van der Waals surface area contributed by atoms with Gasteiger partial charge in [-0.05, 0) is 37.3 Å².